The Kier molecular flexibility index (Phi) is 1.89. The minimum Gasteiger partial charge on any atom is -0.406 e. The van der Waals surface area contributed by atoms with E-state index < -0.39 is 0 Å². The van der Waals surface area contributed by atoms with Crippen molar-refractivity contribution < 1.29 is 9.31 Å². The zero-order valence-electron chi connectivity index (χ0n) is 8.27. The first-order valence-electron chi connectivity index (χ1n) is 5.20. The fourth-order valence-corrected chi connectivity index (χ4v) is 2.45. The van der Waals surface area contributed by atoms with Crippen molar-refractivity contribution in [2.75, 3.05) is 0 Å². The lowest BCUT2D eigenvalue weighted by Gasteiger charge is -2.26. The SMILES string of the molecule is CB1O[C@@H]2Cc3ccccc3C[C@H]2O1. The van der Waals surface area contributed by atoms with E-state index in [1.54, 1.807) is 0 Å². The minimum atomic E-state index is -0.0284. The van der Waals surface area contributed by atoms with E-state index in [-0.39, 0.29) is 19.3 Å². The molecule has 3 rings (SSSR count). The Labute approximate surface area is 84.4 Å². The maximum absolute atomic E-state index is 5.70. The van der Waals surface area contributed by atoms with Crippen molar-refractivity contribution in [1.29, 1.82) is 0 Å². The molecule has 0 unspecified atom stereocenters. The molecule has 0 amide bonds. The van der Waals surface area contributed by atoms with Crippen LogP contribution in [0.2, 0.25) is 6.82 Å². The molecule has 0 radical (unpaired) electrons. The summed E-state index contributed by atoms with van der Waals surface area (Å²) in [5.41, 5.74) is 2.85. The second-order valence-electron chi connectivity index (χ2n) is 4.09. The van der Waals surface area contributed by atoms with Gasteiger partial charge in [0, 0.05) is 0 Å². The van der Waals surface area contributed by atoms with Gasteiger partial charge in [-0.1, -0.05) is 24.3 Å². The lowest BCUT2D eigenvalue weighted by molar-refractivity contribution is 0.145. The Bertz CT molecular complexity index is 320. The van der Waals surface area contributed by atoms with E-state index in [0.717, 1.165) is 12.8 Å². The lowest BCUT2D eigenvalue weighted by atomic mass is 9.88. The molecule has 1 aliphatic carbocycles. The van der Waals surface area contributed by atoms with Gasteiger partial charge in [0.2, 0.25) is 0 Å². The van der Waals surface area contributed by atoms with Crippen molar-refractivity contribution in [3.8, 4) is 0 Å². The normalized spacial score (nSPS) is 29.9. The molecule has 0 bridgehead atoms. The van der Waals surface area contributed by atoms with Crippen LogP contribution in [0, 0.1) is 0 Å². The summed E-state index contributed by atoms with van der Waals surface area (Å²) >= 11 is 0. The highest BCUT2D eigenvalue weighted by Crippen LogP contribution is 2.30. The summed E-state index contributed by atoms with van der Waals surface area (Å²) < 4.78 is 11.4. The largest absolute Gasteiger partial charge is 0.454 e. The second-order valence-corrected chi connectivity index (χ2v) is 4.09. The minimum absolute atomic E-state index is 0.0284. The quantitative estimate of drug-likeness (QED) is 0.576. The molecular weight excluding hydrogens is 175 g/mol. The van der Waals surface area contributed by atoms with Crippen molar-refractivity contribution in [1.82, 2.24) is 0 Å². The fraction of sp³-hybridized carbons (Fsp3) is 0.455. The molecule has 72 valence electrons. The number of hydrogen-bond donors (Lipinski definition) is 0. The van der Waals surface area contributed by atoms with Crippen LogP contribution in [-0.4, -0.2) is 19.3 Å². The summed E-state index contributed by atoms with van der Waals surface area (Å²) in [4.78, 5) is 0. The van der Waals surface area contributed by atoms with E-state index in [1.165, 1.54) is 11.1 Å². The number of fused-ring (bicyclic) bond motifs is 2. The van der Waals surface area contributed by atoms with Gasteiger partial charge >= 0.3 is 7.12 Å². The predicted molar refractivity (Wildman–Crippen MR) is 55.2 cm³/mol. The van der Waals surface area contributed by atoms with Crippen molar-refractivity contribution in [2.24, 2.45) is 0 Å². The summed E-state index contributed by atoms with van der Waals surface area (Å²) in [6, 6.07) is 8.58. The number of hydrogen-bond acceptors (Lipinski definition) is 2. The first kappa shape index (κ1) is 8.51. The van der Waals surface area contributed by atoms with Crippen LogP contribution in [0.4, 0.5) is 0 Å². The molecule has 1 saturated heterocycles. The molecule has 14 heavy (non-hydrogen) atoms. The standard InChI is InChI=1S/C11H13BO2/c1-12-13-10-6-8-4-2-3-5-9(8)7-11(10)14-12/h2-5,10-11H,6-7H2,1H3/t10-,11-/m1/s1. The third kappa shape index (κ3) is 1.28. The molecule has 1 aromatic carbocycles. The lowest BCUT2D eigenvalue weighted by Crippen LogP contribution is -2.31. The van der Waals surface area contributed by atoms with E-state index >= 15 is 0 Å². The smallest absolute Gasteiger partial charge is 0.406 e. The highest BCUT2D eigenvalue weighted by molar-refractivity contribution is 6.43. The van der Waals surface area contributed by atoms with Crippen LogP contribution < -0.4 is 0 Å². The van der Waals surface area contributed by atoms with Gasteiger partial charge in [0.15, 0.2) is 0 Å². The van der Waals surface area contributed by atoms with Gasteiger partial charge < -0.3 is 9.31 Å². The fourth-order valence-electron chi connectivity index (χ4n) is 2.45. The van der Waals surface area contributed by atoms with Gasteiger partial charge in [-0.05, 0) is 30.8 Å². The van der Waals surface area contributed by atoms with E-state index in [9.17, 15) is 0 Å². The maximum Gasteiger partial charge on any atom is 0.454 e. The maximum atomic E-state index is 5.70. The van der Waals surface area contributed by atoms with Gasteiger partial charge in [0.05, 0.1) is 12.2 Å². The highest BCUT2D eigenvalue weighted by Gasteiger charge is 2.39. The van der Waals surface area contributed by atoms with Crippen LogP contribution in [0.25, 0.3) is 0 Å². The van der Waals surface area contributed by atoms with E-state index in [1.807, 2.05) is 6.82 Å². The molecule has 1 heterocycles. The molecule has 2 aliphatic rings. The van der Waals surface area contributed by atoms with Crippen molar-refractivity contribution >= 4 is 7.12 Å². The van der Waals surface area contributed by atoms with Gasteiger partial charge in [0.1, 0.15) is 0 Å². The Morgan fingerprint density at radius 1 is 1.07 bits per heavy atom. The molecule has 2 nitrogen and oxygen atoms in total. The summed E-state index contributed by atoms with van der Waals surface area (Å²) in [6.45, 7) is 1.98. The summed E-state index contributed by atoms with van der Waals surface area (Å²) in [5.74, 6) is 0. The first-order valence-corrected chi connectivity index (χ1v) is 5.20. The summed E-state index contributed by atoms with van der Waals surface area (Å²) in [7, 11) is -0.0284. The molecule has 0 N–H and O–H groups in total. The van der Waals surface area contributed by atoms with E-state index in [4.69, 9.17) is 9.31 Å². The molecule has 2 atom stereocenters. The molecule has 0 spiro atoms. The van der Waals surface area contributed by atoms with E-state index in [2.05, 4.69) is 24.3 Å². The van der Waals surface area contributed by atoms with Gasteiger partial charge in [-0.15, -0.1) is 0 Å². The highest BCUT2D eigenvalue weighted by atomic mass is 16.7. The molecule has 3 heteroatoms. The third-order valence-electron chi connectivity index (χ3n) is 3.11. The predicted octanol–water partition coefficient (Wildman–Crippen LogP) is 1.69. The first-order chi connectivity index (χ1) is 6.83. The van der Waals surface area contributed by atoms with Crippen LogP contribution in [0.3, 0.4) is 0 Å². The summed E-state index contributed by atoms with van der Waals surface area (Å²) in [5, 5.41) is 0. The van der Waals surface area contributed by atoms with Gasteiger partial charge in [-0.3, -0.25) is 0 Å². The van der Waals surface area contributed by atoms with Crippen molar-refractivity contribution in [2.45, 2.75) is 31.9 Å². The molecule has 1 aliphatic heterocycles. The zero-order chi connectivity index (χ0) is 9.54. The Balaban J connectivity index is 1.91. The van der Waals surface area contributed by atoms with Crippen LogP contribution in [0.15, 0.2) is 24.3 Å². The third-order valence-corrected chi connectivity index (χ3v) is 3.11. The zero-order valence-corrected chi connectivity index (χ0v) is 8.27. The molecule has 1 fully saturated rings. The van der Waals surface area contributed by atoms with Crippen LogP contribution in [0.5, 0.6) is 0 Å². The topological polar surface area (TPSA) is 18.5 Å². The number of rotatable bonds is 0. The van der Waals surface area contributed by atoms with Crippen LogP contribution >= 0.6 is 0 Å². The van der Waals surface area contributed by atoms with Crippen molar-refractivity contribution in [3.05, 3.63) is 35.4 Å². The Morgan fingerprint density at radius 3 is 2.07 bits per heavy atom. The number of benzene rings is 1. The van der Waals surface area contributed by atoms with Crippen LogP contribution in [0.1, 0.15) is 11.1 Å². The average molecular weight is 188 g/mol. The average Bonchev–Trinajstić information content (AvgIpc) is 2.53. The van der Waals surface area contributed by atoms with Crippen LogP contribution in [-0.2, 0) is 22.2 Å². The molecule has 0 saturated carbocycles. The molecule has 1 aromatic rings. The monoisotopic (exact) mass is 188 g/mol. The van der Waals surface area contributed by atoms with Gasteiger partial charge in [-0.25, -0.2) is 0 Å². The Hall–Kier alpha value is -0.795. The van der Waals surface area contributed by atoms with Gasteiger partial charge in [0.25, 0.3) is 0 Å². The van der Waals surface area contributed by atoms with Crippen molar-refractivity contribution in [3.63, 3.8) is 0 Å². The molecule has 0 aromatic heterocycles. The Morgan fingerprint density at radius 2 is 1.57 bits per heavy atom. The van der Waals surface area contributed by atoms with E-state index in [0.29, 0.717) is 0 Å². The summed E-state index contributed by atoms with van der Waals surface area (Å²) in [6.07, 6.45) is 2.57. The second kappa shape index (κ2) is 3.11. The van der Waals surface area contributed by atoms with Gasteiger partial charge in [-0.2, -0.15) is 0 Å². The molecular formula is C11H13BO2.